The van der Waals surface area contributed by atoms with Crippen LogP contribution in [0, 0.1) is 11.3 Å². The SMILES string of the molecule is Cl.N#Cc1cccc(CN2CCC(N3CCCN(Cc4ccc(Cl)s4)CC3)CC2)c1. The second-order valence-electron chi connectivity index (χ2n) is 8.19. The van der Waals surface area contributed by atoms with E-state index in [9.17, 15) is 0 Å². The first-order valence-corrected chi connectivity index (χ1v) is 11.8. The molecule has 0 spiro atoms. The summed E-state index contributed by atoms with van der Waals surface area (Å²) in [7, 11) is 0. The van der Waals surface area contributed by atoms with Crippen LogP contribution in [0.2, 0.25) is 4.34 Å². The van der Waals surface area contributed by atoms with E-state index in [4.69, 9.17) is 16.9 Å². The van der Waals surface area contributed by atoms with E-state index in [0.29, 0.717) is 6.04 Å². The molecule has 0 radical (unpaired) electrons. The van der Waals surface area contributed by atoms with Gasteiger partial charge < -0.3 is 0 Å². The Morgan fingerprint density at radius 2 is 1.77 bits per heavy atom. The summed E-state index contributed by atoms with van der Waals surface area (Å²) in [4.78, 5) is 9.23. The van der Waals surface area contributed by atoms with E-state index in [1.54, 1.807) is 11.3 Å². The average molecular weight is 465 g/mol. The van der Waals surface area contributed by atoms with Crippen LogP contribution in [0.4, 0.5) is 0 Å². The van der Waals surface area contributed by atoms with E-state index in [1.807, 2.05) is 24.3 Å². The lowest BCUT2D eigenvalue weighted by atomic mass is 10.0. The standard InChI is InChI=1S/C23H29ClN4S.ClH/c24-23-6-5-22(29-23)18-26-9-2-10-28(14-13-26)21-7-11-27(12-8-21)17-20-4-1-3-19(15-20)16-25;/h1,3-6,15,21H,2,7-14,17-18H2;1H. The van der Waals surface area contributed by atoms with Crippen LogP contribution in [0.3, 0.4) is 0 Å². The molecule has 2 aliphatic heterocycles. The highest BCUT2D eigenvalue weighted by molar-refractivity contribution is 7.16. The van der Waals surface area contributed by atoms with Gasteiger partial charge in [-0.3, -0.25) is 14.7 Å². The molecule has 2 aliphatic rings. The third kappa shape index (κ3) is 6.43. The van der Waals surface area contributed by atoms with Crippen molar-refractivity contribution in [2.45, 2.75) is 38.4 Å². The molecule has 162 valence electrons. The Kier molecular flexibility index (Phi) is 9.00. The maximum absolute atomic E-state index is 9.09. The molecule has 7 heteroatoms. The Morgan fingerprint density at radius 3 is 2.50 bits per heavy atom. The summed E-state index contributed by atoms with van der Waals surface area (Å²) in [5, 5.41) is 9.09. The third-order valence-corrected chi connectivity index (χ3v) is 7.38. The van der Waals surface area contributed by atoms with E-state index in [1.165, 1.54) is 49.3 Å². The summed E-state index contributed by atoms with van der Waals surface area (Å²) in [5.41, 5.74) is 2.01. The highest BCUT2D eigenvalue weighted by Gasteiger charge is 2.26. The first-order valence-electron chi connectivity index (χ1n) is 10.6. The molecule has 0 saturated carbocycles. The number of likely N-dealkylation sites (tertiary alicyclic amines) is 1. The molecule has 2 saturated heterocycles. The highest BCUT2D eigenvalue weighted by Crippen LogP contribution is 2.24. The number of rotatable bonds is 5. The first-order chi connectivity index (χ1) is 14.2. The summed E-state index contributed by atoms with van der Waals surface area (Å²) >= 11 is 7.79. The normalized spacial score (nSPS) is 19.7. The van der Waals surface area contributed by atoms with Crippen LogP contribution >= 0.6 is 35.3 Å². The van der Waals surface area contributed by atoms with Gasteiger partial charge in [0.25, 0.3) is 0 Å². The monoisotopic (exact) mass is 464 g/mol. The quantitative estimate of drug-likeness (QED) is 0.631. The molecule has 2 fully saturated rings. The fraction of sp³-hybridized carbons (Fsp3) is 0.522. The van der Waals surface area contributed by atoms with Gasteiger partial charge in [-0.25, -0.2) is 0 Å². The van der Waals surface area contributed by atoms with E-state index in [0.717, 1.165) is 42.6 Å². The predicted molar refractivity (Wildman–Crippen MR) is 128 cm³/mol. The Morgan fingerprint density at radius 1 is 0.967 bits per heavy atom. The zero-order chi connectivity index (χ0) is 20.1. The van der Waals surface area contributed by atoms with Crippen LogP contribution in [0.15, 0.2) is 36.4 Å². The lowest BCUT2D eigenvalue weighted by molar-refractivity contribution is 0.106. The number of hydrogen-bond acceptors (Lipinski definition) is 5. The van der Waals surface area contributed by atoms with Gasteiger partial charge in [0.2, 0.25) is 0 Å². The number of hydrogen-bond donors (Lipinski definition) is 0. The van der Waals surface area contributed by atoms with Gasteiger partial charge in [0.05, 0.1) is 16.0 Å². The Hall–Kier alpha value is -1.13. The second-order valence-corrected chi connectivity index (χ2v) is 9.99. The zero-order valence-corrected chi connectivity index (χ0v) is 19.7. The lowest BCUT2D eigenvalue weighted by Crippen LogP contribution is -2.45. The molecule has 0 aliphatic carbocycles. The van der Waals surface area contributed by atoms with E-state index in [-0.39, 0.29) is 12.4 Å². The fourth-order valence-corrected chi connectivity index (χ4v) is 5.74. The minimum Gasteiger partial charge on any atom is -0.299 e. The van der Waals surface area contributed by atoms with Crippen LogP contribution < -0.4 is 0 Å². The molecular formula is C23H30Cl2N4S. The summed E-state index contributed by atoms with van der Waals surface area (Å²) in [6.45, 7) is 9.01. The number of thiophene rings is 1. The molecule has 1 aromatic carbocycles. The first kappa shape index (κ1) is 23.5. The van der Waals surface area contributed by atoms with Crippen molar-refractivity contribution in [2.75, 3.05) is 39.3 Å². The Labute approximate surface area is 195 Å². The Balaban J connectivity index is 0.00000256. The molecule has 0 N–H and O–H groups in total. The lowest BCUT2D eigenvalue weighted by Gasteiger charge is -2.38. The molecule has 30 heavy (non-hydrogen) atoms. The number of piperidine rings is 1. The van der Waals surface area contributed by atoms with Crippen molar-refractivity contribution in [2.24, 2.45) is 0 Å². The van der Waals surface area contributed by atoms with Crippen LogP contribution in [0.25, 0.3) is 0 Å². The summed E-state index contributed by atoms with van der Waals surface area (Å²) in [6.07, 6.45) is 3.75. The van der Waals surface area contributed by atoms with Crippen molar-refractivity contribution in [3.05, 3.63) is 56.7 Å². The van der Waals surface area contributed by atoms with E-state index >= 15 is 0 Å². The van der Waals surface area contributed by atoms with Crippen molar-refractivity contribution in [1.82, 2.24) is 14.7 Å². The van der Waals surface area contributed by atoms with Crippen molar-refractivity contribution < 1.29 is 0 Å². The van der Waals surface area contributed by atoms with E-state index < -0.39 is 0 Å². The van der Waals surface area contributed by atoms with Gasteiger partial charge in [-0.1, -0.05) is 23.7 Å². The average Bonchev–Trinajstić information content (AvgIpc) is 3.01. The molecule has 0 unspecified atom stereocenters. The van der Waals surface area contributed by atoms with Crippen LogP contribution in [0.5, 0.6) is 0 Å². The molecule has 4 rings (SSSR count). The van der Waals surface area contributed by atoms with Crippen molar-refractivity contribution in [3.8, 4) is 6.07 Å². The number of nitriles is 1. The van der Waals surface area contributed by atoms with Gasteiger partial charge in [-0.2, -0.15) is 5.26 Å². The van der Waals surface area contributed by atoms with Crippen LogP contribution in [-0.2, 0) is 13.1 Å². The minimum atomic E-state index is 0. The topological polar surface area (TPSA) is 33.5 Å². The number of nitrogens with zero attached hydrogens (tertiary/aromatic N) is 4. The Bertz CT molecular complexity index is 842. The van der Waals surface area contributed by atoms with Gasteiger partial charge in [0.15, 0.2) is 0 Å². The molecule has 4 nitrogen and oxygen atoms in total. The van der Waals surface area contributed by atoms with Gasteiger partial charge in [-0.15, -0.1) is 23.7 Å². The molecular weight excluding hydrogens is 435 g/mol. The van der Waals surface area contributed by atoms with Gasteiger partial charge in [0.1, 0.15) is 0 Å². The summed E-state index contributed by atoms with van der Waals surface area (Å²) in [5.74, 6) is 0. The van der Waals surface area contributed by atoms with Crippen molar-refractivity contribution in [1.29, 1.82) is 5.26 Å². The molecule has 3 heterocycles. The van der Waals surface area contributed by atoms with E-state index in [2.05, 4.69) is 32.9 Å². The van der Waals surface area contributed by atoms with Gasteiger partial charge >= 0.3 is 0 Å². The third-order valence-electron chi connectivity index (χ3n) is 6.17. The maximum atomic E-state index is 9.09. The van der Waals surface area contributed by atoms with Crippen molar-refractivity contribution >= 4 is 35.3 Å². The largest absolute Gasteiger partial charge is 0.299 e. The smallest absolute Gasteiger partial charge is 0.0991 e. The van der Waals surface area contributed by atoms with Crippen LogP contribution in [0.1, 0.15) is 35.3 Å². The molecule has 0 amide bonds. The fourth-order valence-electron chi connectivity index (χ4n) is 4.61. The molecule has 2 aromatic rings. The summed E-state index contributed by atoms with van der Waals surface area (Å²) in [6, 6.07) is 15.2. The van der Waals surface area contributed by atoms with Crippen molar-refractivity contribution in [3.63, 3.8) is 0 Å². The molecule has 0 bridgehead atoms. The van der Waals surface area contributed by atoms with Gasteiger partial charge in [0, 0.05) is 37.1 Å². The molecule has 0 atom stereocenters. The minimum absolute atomic E-state index is 0. The van der Waals surface area contributed by atoms with Gasteiger partial charge in [-0.05, 0) is 75.3 Å². The maximum Gasteiger partial charge on any atom is 0.0991 e. The predicted octanol–water partition coefficient (Wildman–Crippen LogP) is 4.87. The second kappa shape index (κ2) is 11.5. The zero-order valence-electron chi connectivity index (χ0n) is 17.3. The highest BCUT2D eigenvalue weighted by atomic mass is 35.5. The number of benzene rings is 1. The number of halogens is 2. The summed E-state index contributed by atoms with van der Waals surface area (Å²) < 4.78 is 0.891. The molecule has 1 aromatic heterocycles. The van der Waals surface area contributed by atoms with Crippen LogP contribution in [-0.4, -0.2) is 60.0 Å².